The Balaban J connectivity index is 1.84. The van der Waals surface area contributed by atoms with Crippen LogP contribution in [0.4, 0.5) is 20.4 Å². The third-order valence-electron chi connectivity index (χ3n) is 4.95. The standard InChI is InChI=1S/C23H27ClF2N4O2/c1-13-8-17-18(10-19(13)32-12-20(25)26)30(5)22(29-17)28-16-9-14(6-7-15(16)24)11-27-21(31)23(2,3)4/h6-10,20H,11-12H2,1-5H3,(H,27,31)(H,28,29). The maximum Gasteiger partial charge on any atom is 0.272 e. The van der Waals surface area contributed by atoms with E-state index in [9.17, 15) is 13.6 Å². The molecule has 172 valence electrons. The summed E-state index contributed by atoms with van der Waals surface area (Å²) in [7, 11) is 1.81. The van der Waals surface area contributed by atoms with E-state index in [2.05, 4.69) is 15.6 Å². The van der Waals surface area contributed by atoms with E-state index >= 15 is 0 Å². The van der Waals surface area contributed by atoms with Gasteiger partial charge in [0.25, 0.3) is 6.43 Å². The molecule has 0 radical (unpaired) electrons. The molecule has 3 rings (SSSR count). The molecule has 1 amide bonds. The Morgan fingerprint density at radius 3 is 2.62 bits per heavy atom. The Hall–Kier alpha value is -2.87. The van der Waals surface area contributed by atoms with Gasteiger partial charge in [-0.15, -0.1) is 0 Å². The summed E-state index contributed by atoms with van der Waals surface area (Å²) in [5, 5.41) is 6.64. The molecule has 6 nitrogen and oxygen atoms in total. The van der Waals surface area contributed by atoms with Gasteiger partial charge < -0.3 is 19.9 Å². The number of nitrogens with zero attached hydrogens (tertiary/aromatic N) is 2. The topological polar surface area (TPSA) is 68.2 Å². The first-order valence-corrected chi connectivity index (χ1v) is 10.6. The lowest BCUT2D eigenvalue weighted by Gasteiger charge is -2.18. The summed E-state index contributed by atoms with van der Waals surface area (Å²) in [6.07, 6.45) is -2.54. The van der Waals surface area contributed by atoms with Crippen LogP contribution in [0, 0.1) is 12.3 Å². The second-order valence-corrected chi connectivity index (χ2v) is 9.08. The van der Waals surface area contributed by atoms with Crippen LogP contribution in [0.15, 0.2) is 30.3 Å². The van der Waals surface area contributed by atoms with Crippen molar-refractivity contribution >= 4 is 40.2 Å². The Labute approximate surface area is 190 Å². The van der Waals surface area contributed by atoms with Gasteiger partial charge in [-0.05, 0) is 36.2 Å². The quantitative estimate of drug-likeness (QED) is 0.478. The molecule has 0 aliphatic rings. The fourth-order valence-electron chi connectivity index (χ4n) is 3.09. The van der Waals surface area contributed by atoms with Crippen LogP contribution in [0.3, 0.4) is 0 Å². The first kappa shape index (κ1) is 23.8. The van der Waals surface area contributed by atoms with Gasteiger partial charge in [0.15, 0.2) is 0 Å². The number of carbonyl (C=O) groups is 1. The second-order valence-electron chi connectivity index (χ2n) is 8.67. The van der Waals surface area contributed by atoms with E-state index < -0.39 is 18.4 Å². The number of ether oxygens (including phenoxy) is 1. The third-order valence-corrected chi connectivity index (χ3v) is 5.28. The molecule has 0 saturated heterocycles. The Kier molecular flexibility index (Phi) is 6.93. The number of rotatable bonds is 7. The van der Waals surface area contributed by atoms with Gasteiger partial charge in [-0.2, -0.15) is 0 Å². The Morgan fingerprint density at radius 1 is 1.25 bits per heavy atom. The lowest BCUT2D eigenvalue weighted by molar-refractivity contribution is -0.128. The minimum absolute atomic E-state index is 0.0439. The van der Waals surface area contributed by atoms with Crippen LogP contribution >= 0.6 is 11.6 Å². The minimum Gasteiger partial charge on any atom is -0.487 e. The summed E-state index contributed by atoms with van der Waals surface area (Å²) >= 11 is 6.38. The van der Waals surface area contributed by atoms with Crippen LogP contribution in [0.1, 0.15) is 31.9 Å². The number of hydrogen-bond donors (Lipinski definition) is 2. The van der Waals surface area contributed by atoms with Gasteiger partial charge in [0.05, 0.1) is 21.7 Å². The lowest BCUT2D eigenvalue weighted by atomic mass is 9.95. The summed E-state index contributed by atoms with van der Waals surface area (Å²) in [6, 6.07) is 8.95. The number of imidazole rings is 1. The SMILES string of the molecule is Cc1cc2nc(Nc3cc(CNC(=O)C(C)(C)C)ccc3Cl)n(C)c2cc1OCC(F)F. The molecule has 1 aromatic heterocycles. The summed E-state index contributed by atoms with van der Waals surface area (Å²) < 4.78 is 32.1. The van der Waals surface area contributed by atoms with Gasteiger partial charge in [-0.3, -0.25) is 4.79 Å². The zero-order valence-corrected chi connectivity index (χ0v) is 19.5. The van der Waals surface area contributed by atoms with E-state index in [1.54, 1.807) is 29.7 Å². The van der Waals surface area contributed by atoms with E-state index in [-0.39, 0.29) is 5.91 Å². The van der Waals surface area contributed by atoms with Gasteiger partial charge in [0, 0.05) is 25.1 Å². The largest absolute Gasteiger partial charge is 0.487 e. The Morgan fingerprint density at radius 2 is 1.97 bits per heavy atom. The molecule has 0 aliphatic carbocycles. The molecule has 0 spiro atoms. The van der Waals surface area contributed by atoms with Crippen LogP contribution in [-0.4, -0.2) is 28.5 Å². The molecule has 0 aliphatic heterocycles. The molecule has 0 saturated carbocycles. The van der Waals surface area contributed by atoms with Crippen molar-refractivity contribution in [3.8, 4) is 5.75 Å². The normalized spacial score (nSPS) is 11.8. The highest BCUT2D eigenvalue weighted by molar-refractivity contribution is 6.33. The number of carbonyl (C=O) groups excluding carboxylic acids is 1. The number of amides is 1. The molecule has 9 heteroatoms. The summed E-state index contributed by atoms with van der Waals surface area (Å²) in [5.41, 5.74) is 3.19. The molecule has 3 aromatic rings. The van der Waals surface area contributed by atoms with E-state index in [0.29, 0.717) is 34.5 Å². The van der Waals surface area contributed by atoms with Crippen molar-refractivity contribution in [2.75, 3.05) is 11.9 Å². The molecule has 0 unspecified atom stereocenters. The highest BCUT2D eigenvalue weighted by Crippen LogP contribution is 2.31. The Bertz CT molecular complexity index is 1140. The molecule has 0 bridgehead atoms. The van der Waals surface area contributed by atoms with Crippen molar-refractivity contribution in [3.63, 3.8) is 0 Å². The molecule has 0 fully saturated rings. The van der Waals surface area contributed by atoms with Crippen LogP contribution in [0.2, 0.25) is 5.02 Å². The smallest absolute Gasteiger partial charge is 0.272 e. The number of aryl methyl sites for hydroxylation is 2. The van der Waals surface area contributed by atoms with E-state index in [1.165, 1.54) is 0 Å². The number of aromatic nitrogens is 2. The van der Waals surface area contributed by atoms with Gasteiger partial charge in [-0.25, -0.2) is 13.8 Å². The van der Waals surface area contributed by atoms with Crippen molar-refractivity contribution in [2.45, 2.75) is 40.7 Å². The van der Waals surface area contributed by atoms with E-state index in [4.69, 9.17) is 16.3 Å². The van der Waals surface area contributed by atoms with Gasteiger partial charge >= 0.3 is 0 Å². The number of hydrogen-bond acceptors (Lipinski definition) is 4. The maximum absolute atomic E-state index is 12.5. The summed E-state index contributed by atoms with van der Waals surface area (Å²) in [6.45, 7) is 7.06. The number of halogens is 3. The number of alkyl halides is 2. The molecule has 2 aromatic carbocycles. The first-order valence-electron chi connectivity index (χ1n) is 10.2. The van der Waals surface area contributed by atoms with Crippen molar-refractivity contribution in [2.24, 2.45) is 12.5 Å². The lowest BCUT2D eigenvalue weighted by Crippen LogP contribution is -2.34. The highest BCUT2D eigenvalue weighted by atomic mass is 35.5. The zero-order valence-electron chi connectivity index (χ0n) is 18.7. The van der Waals surface area contributed by atoms with Crippen LogP contribution < -0.4 is 15.4 Å². The monoisotopic (exact) mass is 464 g/mol. The molecule has 32 heavy (non-hydrogen) atoms. The third kappa shape index (κ3) is 5.48. The predicted octanol–water partition coefficient (Wildman–Crippen LogP) is 5.58. The summed E-state index contributed by atoms with van der Waals surface area (Å²) in [4.78, 5) is 16.7. The second kappa shape index (κ2) is 9.32. The minimum atomic E-state index is -2.54. The van der Waals surface area contributed by atoms with Gasteiger partial charge in [0.2, 0.25) is 11.9 Å². The number of nitrogens with one attached hydrogen (secondary N) is 2. The average Bonchev–Trinajstić information content (AvgIpc) is 3.00. The highest BCUT2D eigenvalue weighted by Gasteiger charge is 2.20. The fraction of sp³-hybridized carbons (Fsp3) is 0.391. The van der Waals surface area contributed by atoms with Crippen LogP contribution in [-0.2, 0) is 18.4 Å². The van der Waals surface area contributed by atoms with Crippen LogP contribution in [0.25, 0.3) is 11.0 Å². The van der Waals surface area contributed by atoms with Crippen molar-refractivity contribution < 1.29 is 18.3 Å². The van der Waals surface area contributed by atoms with Crippen molar-refractivity contribution in [3.05, 3.63) is 46.5 Å². The molecular weight excluding hydrogens is 438 g/mol. The number of fused-ring (bicyclic) bond motifs is 1. The van der Waals surface area contributed by atoms with E-state index in [1.807, 2.05) is 40.0 Å². The van der Waals surface area contributed by atoms with Gasteiger partial charge in [0.1, 0.15) is 12.4 Å². The average molecular weight is 465 g/mol. The molecule has 0 atom stereocenters. The van der Waals surface area contributed by atoms with Gasteiger partial charge in [-0.1, -0.05) is 38.4 Å². The zero-order chi connectivity index (χ0) is 23.6. The van der Waals surface area contributed by atoms with E-state index in [0.717, 1.165) is 16.6 Å². The number of anilines is 2. The molecule has 2 N–H and O–H groups in total. The first-order chi connectivity index (χ1) is 15.0. The van der Waals surface area contributed by atoms with Crippen molar-refractivity contribution in [1.82, 2.24) is 14.9 Å². The molecular formula is C23H27ClF2N4O2. The maximum atomic E-state index is 12.5. The fourth-order valence-corrected chi connectivity index (χ4v) is 3.25. The van der Waals surface area contributed by atoms with Crippen LogP contribution in [0.5, 0.6) is 5.75 Å². The predicted molar refractivity (Wildman–Crippen MR) is 123 cm³/mol. The number of benzene rings is 2. The summed E-state index contributed by atoms with van der Waals surface area (Å²) in [5.74, 6) is 0.878. The van der Waals surface area contributed by atoms with Crippen molar-refractivity contribution in [1.29, 1.82) is 0 Å². The molecule has 1 heterocycles.